The molecule has 0 saturated heterocycles. The second kappa shape index (κ2) is 11.0. The second-order valence-corrected chi connectivity index (χ2v) is 12.8. The molecule has 12 nitrogen and oxygen atoms in total. The van der Waals surface area contributed by atoms with E-state index in [1.807, 2.05) is 0 Å². The lowest BCUT2D eigenvalue weighted by molar-refractivity contribution is -0.127. The second-order valence-electron chi connectivity index (χ2n) is 12.8. The van der Waals surface area contributed by atoms with E-state index in [2.05, 4.69) is 15.5 Å². The summed E-state index contributed by atoms with van der Waals surface area (Å²) in [5.74, 6) is 1.92. The van der Waals surface area contributed by atoms with E-state index >= 15 is 0 Å². The molecule has 0 radical (unpaired) electrons. The highest BCUT2D eigenvalue weighted by atomic mass is 16.6. The number of likely N-dealkylation sites (N-methyl/N-ethyl adjacent to an activating group) is 1. The highest BCUT2D eigenvalue weighted by Crippen LogP contribution is 2.60. The topological polar surface area (TPSA) is 167 Å². The molecule has 0 unspecified atom stereocenters. The molecular weight excluding hydrogens is 514 g/mol. The van der Waals surface area contributed by atoms with Crippen molar-refractivity contribution in [3.05, 3.63) is 29.7 Å². The van der Waals surface area contributed by atoms with Crippen molar-refractivity contribution >= 4 is 23.6 Å². The molecule has 0 aromatic carbocycles. The molecule has 4 aliphatic carbocycles. The summed E-state index contributed by atoms with van der Waals surface area (Å²) >= 11 is 0. The molecule has 2 heterocycles. The van der Waals surface area contributed by atoms with Gasteiger partial charge in [-0.15, -0.1) is 10.2 Å². The quantitative estimate of drug-likeness (QED) is 0.378. The van der Waals surface area contributed by atoms with Crippen LogP contribution >= 0.6 is 0 Å². The Morgan fingerprint density at radius 2 is 1.80 bits per heavy atom. The summed E-state index contributed by atoms with van der Waals surface area (Å²) in [5, 5.41) is 11.7. The van der Waals surface area contributed by atoms with Crippen LogP contribution in [0.1, 0.15) is 69.9 Å². The molecule has 2 aromatic heterocycles. The van der Waals surface area contributed by atoms with Crippen LogP contribution in [0.2, 0.25) is 0 Å². The Morgan fingerprint density at radius 1 is 1.15 bits per heavy atom. The van der Waals surface area contributed by atoms with E-state index in [4.69, 9.17) is 20.9 Å². The first kappa shape index (κ1) is 28.3. The van der Waals surface area contributed by atoms with E-state index in [0.29, 0.717) is 23.8 Å². The normalized spacial score (nSPS) is 26.1. The van der Waals surface area contributed by atoms with E-state index in [1.54, 1.807) is 36.4 Å². The van der Waals surface area contributed by atoms with E-state index in [0.717, 1.165) is 22.7 Å². The smallest absolute Gasteiger partial charge is 0.410 e. The molecule has 0 aliphatic heterocycles. The maximum atomic E-state index is 13.0. The number of ether oxygens (including phenoxy) is 2. The van der Waals surface area contributed by atoms with Gasteiger partial charge in [-0.3, -0.25) is 14.0 Å². The van der Waals surface area contributed by atoms with Crippen molar-refractivity contribution in [3.63, 3.8) is 0 Å². The van der Waals surface area contributed by atoms with Gasteiger partial charge in [0.05, 0.1) is 24.4 Å². The molecule has 4 bridgehead atoms. The number of hydrogen-bond donors (Lipinski definition) is 3. The number of rotatable bonds is 11. The van der Waals surface area contributed by atoms with E-state index in [9.17, 15) is 14.4 Å². The molecule has 4 aliphatic rings. The van der Waals surface area contributed by atoms with Crippen molar-refractivity contribution in [3.8, 4) is 0 Å². The van der Waals surface area contributed by atoms with Gasteiger partial charge in [-0.1, -0.05) is 6.07 Å². The van der Waals surface area contributed by atoms with Gasteiger partial charge in [-0.2, -0.15) is 0 Å². The zero-order valence-corrected chi connectivity index (χ0v) is 23.6. The number of pyridine rings is 1. The summed E-state index contributed by atoms with van der Waals surface area (Å²) in [6.45, 7) is 3.78. The largest absolute Gasteiger partial charge is 0.443 e. The van der Waals surface area contributed by atoms with Crippen LogP contribution in [0.5, 0.6) is 0 Å². The number of carbonyl (C=O) groups excluding carboxylic acids is 3. The number of aromatic nitrogens is 3. The van der Waals surface area contributed by atoms with Gasteiger partial charge >= 0.3 is 6.09 Å². The molecule has 3 amide bonds. The first-order valence-corrected chi connectivity index (χ1v) is 14.1. The third-order valence-corrected chi connectivity index (χ3v) is 8.64. The average molecular weight is 556 g/mol. The Bertz CT molecular complexity index is 1230. The Kier molecular flexibility index (Phi) is 7.75. The third-order valence-electron chi connectivity index (χ3n) is 8.64. The van der Waals surface area contributed by atoms with Crippen molar-refractivity contribution in [2.45, 2.75) is 70.6 Å². The lowest BCUT2D eigenvalue weighted by atomic mass is 9.50. The maximum absolute atomic E-state index is 13.0. The first-order chi connectivity index (χ1) is 18.9. The van der Waals surface area contributed by atoms with Crippen LogP contribution in [-0.2, 0) is 25.7 Å². The number of hydrogen-bond acceptors (Lipinski definition) is 8. The fourth-order valence-electron chi connectivity index (χ4n) is 7.30. The molecule has 2 aromatic rings. The molecule has 4 saturated carbocycles. The van der Waals surface area contributed by atoms with Crippen LogP contribution in [0.4, 0.5) is 4.79 Å². The fraction of sp³-hybridized carbons (Fsp3) is 0.679. The lowest BCUT2D eigenvalue weighted by Crippen LogP contribution is -2.51. The summed E-state index contributed by atoms with van der Waals surface area (Å²) in [6.07, 6.45) is 7.06. The fourth-order valence-corrected chi connectivity index (χ4v) is 7.30. The number of nitrogens with one attached hydrogen (secondary N) is 1. The van der Waals surface area contributed by atoms with Gasteiger partial charge in [0.25, 0.3) is 0 Å². The summed E-state index contributed by atoms with van der Waals surface area (Å²) in [7, 11) is 1.43. The van der Waals surface area contributed by atoms with Gasteiger partial charge in [0.2, 0.25) is 11.8 Å². The maximum Gasteiger partial charge on any atom is 0.410 e. The molecule has 218 valence electrons. The van der Waals surface area contributed by atoms with Crippen molar-refractivity contribution in [1.29, 1.82) is 0 Å². The third kappa shape index (κ3) is 6.07. The Labute approximate surface area is 234 Å². The highest BCUT2D eigenvalue weighted by Gasteiger charge is 2.51. The minimum absolute atomic E-state index is 0.110. The van der Waals surface area contributed by atoms with Crippen LogP contribution in [0.15, 0.2) is 18.2 Å². The average Bonchev–Trinajstić information content (AvgIpc) is 3.29. The summed E-state index contributed by atoms with van der Waals surface area (Å²) in [4.78, 5) is 37.6. The molecule has 0 spiro atoms. The van der Waals surface area contributed by atoms with Crippen molar-refractivity contribution in [2.24, 2.45) is 34.6 Å². The van der Waals surface area contributed by atoms with Crippen LogP contribution in [0.3, 0.4) is 0 Å². The lowest BCUT2D eigenvalue weighted by Gasteiger charge is -2.56. The monoisotopic (exact) mass is 555 g/mol. The van der Waals surface area contributed by atoms with E-state index in [-0.39, 0.29) is 31.1 Å². The standard InChI is InChI=1S/C28H41N7O5/c1-27(2,30)25(37)31-21(15-39-16-28-10-17-7-18(11-28)9-19(8-17)12-28)24-33-32-23-6-4-5-20(35(23)24)14-40-26(38)34(3)13-22(29)36/h4-6,17-19,21H,7-16,30H2,1-3H3,(H2,29,36)(H,31,37)/t17?,18?,19?,21-,28?/m1/s1. The van der Waals surface area contributed by atoms with Crippen molar-refractivity contribution in [1.82, 2.24) is 24.8 Å². The number of nitrogens with zero attached hydrogens (tertiary/aromatic N) is 4. The zero-order valence-electron chi connectivity index (χ0n) is 23.6. The number of nitrogens with two attached hydrogens (primary N) is 2. The Hall–Kier alpha value is -3.25. The SMILES string of the molecule is CN(CC(N)=O)C(=O)OCc1cccc2nnc([C@@H](COCC34CC5CC(CC(C5)C3)C4)NC(=O)C(C)(C)N)n12. The minimum Gasteiger partial charge on any atom is -0.443 e. The zero-order chi connectivity index (χ0) is 28.7. The molecule has 4 fully saturated rings. The highest BCUT2D eigenvalue weighted by molar-refractivity contribution is 5.85. The molecule has 6 rings (SSSR count). The van der Waals surface area contributed by atoms with E-state index in [1.165, 1.54) is 45.6 Å². The summed E-state index contributed by atoms with van der Waals surface area (Å²) in [6, 6.07) is 4.71. The van der Waals surface area contributed by atoms with Crippen LogP contribution in [0, 0.1) is 23.2 Å². The van der Waals surface area contributed by atoms with Gasteiger partial charge in [0.1, 0.15) is 19.2 Å². The summed E-state index contributed by atoms with van der Waals surface area (Å²) < 4.78 is 13.6. The predicted molar refractivity (Wildman–Crippen MR) is 146 cm³/mol. The molecule has 12 heteroatoms. The number of carbonyl (C=O) groups is 3. The van der Waals surface area contributed by atoms with Gasteiger partial charge in [0.15, 0.2) is 11.5 Å². The van der Waals surface area contributed by atoms with Gasteiger partial charge < -0.3 is 31.2 Å². The molecule has 1 atom stereocenters. The van der Waals surface area contributed by atoms with Crippen molar-refractivity contribution < 1.29 is 23.9 Å². The Morgan fingerprint density at radius 3 is 2.40 bits per heavy atom. The van der Waals surface area contributed by atoms with Crippen LogP contribution in [-0.4, -0.2) is 69.8 Å². The Balaban J connectivity index is 1.34. The van der Waals surface area contributed by atoms with Crippen LogP contribution < -0.4 is 16.8 Å². The summed E-state index contributed by atoms with van der Waals surface area (Å²) in [5.41, 5.74) is 11.5. The van der Waals surface area contributed by atoms with Gasteiger partial charge in [0, 0.05) is 7.05 Å². The molecule has 5 N–H and O–H groups in total. The predicted octanol–water partition coefficient (Wildman–Crippen LogP) is 1.91. The minimum atomic E-state index is -1.11. The van der Waals surface area contributed by atoms with Crippen LogP contribution in [0.25, 0.3) is 5.65 Å². The van der Waals surface area contributed by atoms with Gasteiger partial charge in [-0.25, -0.2) is 4.79 Å². The number of amides is 3. The van der Waals surface area contributed by atoms with Crippen molar-refractivity contribution in [2.75, 3.05) is 26.8 Å². The molecule has 40 heavy (non-hydrogen) atoms. The van der Waals surface area contributed by atoms with Gasteiger partial charge in [-0.05, 0) is 87.7 Å². The number of primary amides is 1. The van der Waals surface area contributed by atoms with E-state index < -0.39 is 23.6 Å². The number of fused-ring (bicyclic) bond motifs is 1. The molecular formula is C28H41N7O5. The first-order valence-electron chi connectivity index (χ1n) is 14.1.